The van der Waals surface area contributed by atoms with Crippen LogP contribution in [0.3, 0.4) is 0 Å². The number of rotatable bonds is 3. The van der Waals surface area contributed by atoms with Gasteiger partial charge in [0.2, 0.25) is 0 Å². The number of aliphatic hydroxyl groups excluding tert-OH is 3. The molecule has 7 atom stereocenters. The first kappa shape index (κ1) is 14.1. The van der Waals surface area contributed by atoms with Crippen LogP contribution in [0.4, 0.5) is 0 Å². The standard InChI is InChI=1S/C9H19ClN2O4/c1-3(10)5(12)9-8(15)7(14)6(13)4(2-11)16-9/h3-9,13-15H,2,11-12H2,1H3/t3-,4?,5+,6-,7?,8?,9+/m0/s1. The van der Waals surface area contributed by atoms with Crippen LogP contribution < -0.4 is 11.5 Å². The molecule has 1 heterocycles. The van der Waals surface area contributed by atoms with E-state index in [2.05, 4.69) is 0 Å². The SMILES string of the molecule is C[C@H](Cl)[C@@H](N)[C@H]1OC(CN)[C@H](O)C(O)C1O. The Balaban J connectivity index is 2.78. The lowest BCUT2D eigenvalue weighted by atomic mass is 9.90. The van der Waals surface area contributed by atoms with Crippen LogP contribution in [-0.2, 0) is 4.74 Å². The number of nitrogens with two attached hydrogens (primary N) is 2. The van der Waals surface area contributed by atoms with Crippen molar-refractivity contribution in [1.82, 2.24) is 0 Å². The summed E-state index contributed by atoms with van der Waals surface area (Å²) in [4.78, 5) is 0. The number of alkyl halides is 1. The van der Waals surface area contributed by atoms with Gasteiger partial charge in [0.15, 0.2) is 0 Å². The fraction of sp³-hybridized carbons (Fsp3) is 1.00. The number of hydrogen-bond donors (Lipinski definition) is 5. The van der Waals surface area contributed by atoms with Crippen molar-refractivity contribution in [3.63, 3.8) is 0 Å². The maximum atomic E-state index is 9.73. The van der Waals surface area contributed by atoms with Crippen molar-refractivity contribution < 1.29 is 20.1 Å². The van der Waals surface area contributed by atoms with E-state index in [0.717, 1.165) is 0 Å². The molecule has 7 N–H and O–H groups in total. The molecular weight excluding hydrogens is 236 g/mol. The third kappa shape index (κ3) is 2.65. The van der Waals surface area contributed by atoms with E-state index < -0.39 is 41.9 Å². The summed E-state index contributed by atoms with van der Waals surface area (Å²) in [5, 5.41) is 28.5. The zero-order chi connectivity index (χ0) is 12.5. The molecule has 1 rings (SSSR count). The predicted octanol–water partition coefficient (Wildman–Crippen LogP) is -2.25. The van der Waals surface area contributed by atoms with Crippen molar-refractivity contribution >= 4 is 11.6 Å². The van der Waals surface area contributed by atoms with Crippen LogP contribution in [0, 0.1) is 0 Å². The minimum absolute atomic E-state index is 0.0326. The topological polar surface area (TPSA) is 122 Å². The molecule has 0 bridgehead atoms. The average molecular weight is 255 g/mol. The van der Waals surface area contributed by atoms with Gasteiger partial charge in [-0.1, -0.05) is 0 Å². The molecule has 0 spiro atoms. The smallest absolute Gasteiger partial charge is 0.111 e. The summed E-state index contributed by atoms with van der Waals surface area (Å²) in [5.41, 5.74) is 11.1. The monoisotopic (exact) mass is 254 g/mol. The number of ether oxygens (including phenoxy) is 1. The molecule has 3 unspecified atom stereocenters. The van der Waals surface area contributed by atoms with E-state index >= 15 is 0 Å². The highest BCUT2D eigenvalue weighted by molar-refractivity contribution is 6.20. The van der Waals surface area contributed by atoms with Gasteiger partial charge in [0.25, 0.3) is 0 Å². The third-order valence-corrected chi connectivity index (χ3v) is 3.18. The molecule has 1 aliphatic heterocycles. The second-order valence-corrected chi connectivity index (χ2v) is 4.79. The lowest BCUT2D eigenvalue weighted by molar-refractivity contribution is -0.223. The van der Waals surface area contributed by atoms with Crippen molar-refractivity contribution in [1.29, 1.82) is 0 Å². The number of halogens is 1. The van der Waals surface area contributed by atoms with Crippen LogP contribution >= 0.6 is 11.6 Å². The van der Waals surface area contributed by atoms with Gasteiger partial charge in [0, 0.05) is 18.0 Å². The predicted molar refractivity (Wildman–Crippen MR) is 59.0 cm³/mol. The van der Waals surface area contributed by atoms with Gasteiger partial charge in [-0.05, 0) is 6.92 Å². The highest BCUT2D eigenvalue weighted by atomic mass is 35.5. The zero-order valence-corrected chi connectivity index (χ0v) is 9.79. The average Bonchev–Trinajstić information content (AvgIpc) is 2.25. The summed E-state index contributed by atoms with van der Waals surface area (Å²) in [6.45, 7) is 1.70. The number of hydrogen-bond acceptors (Lipinski definition) is 6. The Morgan fingerprint density at radius 1 is 1.25 bits per heavy atom. The molecule has 96 valence electrons. The Bertz CT molecular complexity index is 230. The van der Waals surface area contributed by atoms with Crippen LogP contribution in [0.1, 0.15) is 6.92 Å². The lowest BCUT2D eigenvalue weighted by Crippen LogP contribution is -2.64. The van der Waals surface area contributed by atoms with Gasteiger partial charge < -0.3 is 31.5 Å². The van der Waals surface area contributed by atoms with E-state index in [0.29, 0.717) is 0 Å². The zero-order valence-electron chi connectivity index (χ0n) is 9.03. The lowest BCUT2D eigenvalue weighted by Gasteiger charge is -2.43. The van der Waals surface area contributed by atoms with E-state index in [1.807, 2.05) is 0 Å². The van der Waals surface area contributed by atoms with E-state index in [9.17, 15) is 15.3 Å². The molecule has 7 heteroatoms. The van der Waals surface area contributed by atoms with Crippen LogP contribution in [0.15, 0.2) is 0 Å². The summed E-state index contributed by atoms with van der Waals surface area (Å²) in [5.74, 6) is 0. The molecule has 1 fully saturated rings. The summed E-state index contributed by atoms with van der Waals surface area (Å²) in [6, 6.07) is -0.645. The molecule has 1 saturated heterocycles. The van der Waals surface area contributed by atoms with Crippen LogP contribution in [0.5, 0.6) is 0 Å². The van der Waals surface area contributed by atoms with Gasteiger partial charge in [-0.2, -0.15) is 0 Å². The molecule has 0 aliphatic carbocycles. The second-order valence-electron chi connectivity index (χ2n) is 4.10. The van der Waals surface area contributed by atoms with Gasteiger partial charge in [-0.25, -0.2) is 0 Å². The molecule has 0 aromatic heterocycles. The van der Waals surface area contributed by atoms with E-state index in [-0.39, 0.29) is 6.54 Å². The first-order valence-corrected chi connectivity index (χ1v) is 5.63. The summed E-state index contributed by atoms with van der Waals surface area (Å²) < 4.78 is 5.36. The number of aliphatic hydroxyl groups is 3. The maximum absolute atomic E-state index is 9.73. The van der Waals surface area contributed by atoms with Gasteiger partial charge >= 0.3 is 0 Å². The molecule has 0 aromatic rings. The van der Waals surface area contributed by atoms with Crippen LogP contribution in [0.2, 0.25) is 0 Å². The quantitative estimate of drug-likeness (QED) is 0.363. The van der Waals surface area contributed by atoms with Gasteiger partial charge in [-0.15, -0.1) is 11.6 Å². The Kier molecular flexibility index (Phi) is 4.93. The Labute approximate surface area is 99.1 Å². The largest absolute Gasteiger partial charge is 0.388 e. The molecule has 0 amide bonds. The highest BCUT2D eigenvalue weighted by Gasteiger charge is 2.45. The van der Waals surface area contributed by atoms with Crippen molar-refractivity contribution in [2.24, 2.45) is 11.5 Å². The molecule has 1 aliphatic rings. The molecular formula is C9H19ClN2O4. The fourth-order valence-corrected chi connectivity index (χ4v) is 1.90. The molecule has 0 radical (unpaired) electrons. The molecule has 0 saturated carbocycles. The van der Waals surface area contributed by atoms with Crippen molar-refractivity contribution in [2.75, 3.05) is 6.54 Å². The van der Waals surface area contributed by atoms with E-state index in [1.54, 1.807) is 6.92 Å². The molecule has 0 aromatic carbocycles. The normalized spacial score (nSPS) is 44.1. The van der Waals surface area contributed by atoms with Gasteiger partial charge in [0.1, 0.15) is 24.4 Å². The maximum Gasteiger partial charge on any atom is 0.111 e. The minimum Gasteiger partial charge on any atom is -0.388 e. The van der Waals surface area contributed by atoms with Crippen molar-refractivity contribution in [3.8, 4) is 0 Å². The Morgan fingerprint density at radius 2 is 1.81 bits per heavy atom. The van der Waals surface area contributed by atoms with Crippen molar-refractivity contribution in [2.45, 2.75) is 48.9 Å². The molecule has 6 nitrogen and oxygen atoms in total. The first-order chi connectivity index (χ1) is 7.40. The Hall–Kier alpha value is 0.0500. The summed E-state index contributed by atoms with van der Waals surface area (Å²) >= 11 is 5.81. The first-order valence-electron chi connectivity index (χ1n) is 5.19. The van der Waals surface area contributed by atoms with Crippen LogP contribution in [-0.4, -0.2) is 63.8 Å². The summed E-state index contributed by atoms with van der Waals surface area (Å²) in [6.07, 6.45) is -5.39. The second kappa shape index (κ2) is 5.59. The fourth-order valence-electron chi connectivity index (χ4n) is 1.75. The third-order valence-electron chi connectivity index (χ3n) is 2.89. The van der Waals surface area contributed by atoms with Gasteiger partial charge in [-0.3, -0.25) is 0 Å². The van der Waals surface area contributed by atoms with E-state index in [1.165, 1.54) is 0 Å². The van der Waals surface area contributed by atoms with Crippen molar-refractivity contribution in [3.05, 3.63) is 0 Å². The minimum atomic E-state index is -1.33. The van der Waals surface area contributed by atoms with E-state index in [4.69, 9.17) is 27.8 Å². The van der Waals surface area contributed by atoms with Crippen LogP contribution in [0.25, 0.3) is 0 Å². The highest BCUT2D eigenvalue weighted by Crippen LogP contribution is 2.24. The molecule has 16 heavy (non-hydrogen) atoms. The summed E-state index contributed by atoms with van der Waals surface area (Å²) in [7, 11) is 0. The Morgan fingerprint density at radius 3 is 2.25 bits per heavy atom. The van der Waals surface area contributed by atoms with Gasteiger partial charge in [0.05, 0.1) is 6.10 Å².